The third kappa shape index (κ3) is 5.30. The summed E-state index contributed by atoms with van der Waals surface area (Å²) >= 11 is 1.40. The quantitative estimate of drug-likeness (QED) is 0.619. The molecule has 1 aliphatic rings. The Kier molecular flexibility index (Phi) is 7.00. The number of nitrogens with one attached hydrogen (secondary N) is 2. The first-order chi connectivity index (χ1) is 13.6. The summed E-state index contributed by atoms with van der Waals surface area (Å²) in [6.07, 6.45) is 1.86. The van der Waals surface area contributed by atoms with Gasteiger partial charge in [-0.15, -0.1) is 11.3 Å². The van der Waals surface area contributed by atoms with Crippen molar-refractivity contribution in [2.45, 2.75) is 26.2 Å². The van der Waals surface area contributed by atoms with Gasteiger partial charge in [-0.1, -0.05) is 17.7 Å². The summed E-state index contributed by atoms with van der Waals surface area (Å²) in [5.74, 6) is -0.150. The van der Waals surface area contributed by atoms with Crippen molar-refractivity contribution in [3.63, 3.8) is 0 Å². The van der Waals surface area contributed by atoms with E-state index in [2.05, 4.69) is 15.6 Å². The molecule has 1 aliphatic heterocycles. The number of benzene rings is 1. The molecule has 3 N–H and O–H groups in total. The highest BCUT2D eigenvalue weighted by Crippen LogP contribution is 2.24. The topological polar surface area (TPSA) is 94.6 Å². The molecule has 0 bridgehead atoms. The second-order valence-corrected chi connectivity index (χ2v) is 7.82. The van der Waals surface area contributed by atoms with Crippen LogP contribution in [-0.2, 0) is 4.79 Å². The normalized spacial score (nSPS) is 14.7. The van der Waals surface area contributed by atoms with E-state index in [0.717, 1.165) is 5.69 Å². The van der Waals surface area contributed by atoms with Crippen LogP contribution < -0.4 is 10.6 Å². The fraction of sp³-hybridized carbons (Fsp3) is 0.450. The molecule has 0 aliphatic carbocycles. The van der Waals surface area contributed by atoms with E-state index in [1.807, 2.05) is 31.2 Å². The van der Waals surface area contributed by atoms with Crippen LogP contribution in [0, 0.1) is 12.8 Å². The Morgan fingerprint density at radius 1 is 1.25 bits per heavy atom. The van der Waals surface area contributed by atoms with E-state index in [0.29, 0.717) is 49.7 Å². The molecule has 2 heterocycles. The molecular weight excluding hydrogens is 376 g/mol. The summed E-state index contributed by atoms with van der Waals surface area (Å²) in [5, 5.41) is 17.3. The van der Waals surface area contributed by atoms with Gasteiger partial charge in [-0.05, 0) is 38.3 Å². The first-order valence-corrected chi connectivity index (χ1v) is 10.4. The fourth-order valence-corrected chi connectivity index (χ4v) is 3.84. The zero-order valence-electron chi connectivity index (χ0n) is 16.0. The SMILES string of the molecule is Cc1ccc(Nc2nc(C(=O)N3CCC(C(=O)NCCCO)CC3)cs2)cc1. The standard InChI is InChI=1S/C20H26N4O3S/c1-14-3-5-16(6-4-14)22-20-23-17(13-28-20)19(27)24-10-7-15(8-11-24)18(26)21-9-2-12-25/h3-6,13,15,25H,2,7-12H2,1H3,(H,21,26)(H,22,23). The molecule has 1 aromatic carbocycles. The van der Waals surface area contributed by atoms with E-state index in [1.54, 1.807) is 10.3 Å². The van der Waals surface area contributed by atoms with E-state index in [1.165, 1.54) is 16.9 Å². The molecular formula is C20H26N4O3S. The number of hydrogen-bond donors (Lipinski definition) is 3. The lowest BCUT2D eigenvalue weighted by Crippen LogP contribution is -2.43. The number of carbonyl (C=O) groups excluding carboxylic acids is 2. The maximum Gasteiger partial charge on any atom is 0.273 e. The molecule has 2 amide bonds. The third-order valence-corrected chi connectivity index (χ3v) is 5.57. The molecule has 0 radical (unpaired) electrons. The summed E-state index contributed by atoms with van der Waals surface area (Å²) in [4.78, 5) is 31.0. The minimum Gasteiger partial charge on any atom is -0.396 e. The highest BCUT2D eigenvalue weighted by Gasteiger charge is 2.28. The van der Waals surface area contributed by atoms with Crippen LogP contribution >= 0.6 is 11.3 Å². The van der Waals surface area contributed by atoms with E-state index in [-0.39, 0.29) is 24.3 Å². The smallest absolute Gasteiger partial charge is 0.273 e. The van der Waals surface area contributed by atoms with Gasteiger partial charge in [-0.25, -0.2) is 4.98 Å². The predicted octanol–water partition coefficient (Wildman–Crippen LogP) is 2.55. The van der Waals surface area contributed by atoms with Crippen LogP contribution in [0.2, 0.25) is 0 Å². The lowest BCUT2D eigenvalue weighted by atomic mass is 9.95. The van der Waals surface area contributed by atoms with Crippen LogP contribution in [0.15, 0.2) is 29.6 Å². The number of aromatic nitrogens is 1. The largest absolute Gasteiger partial charge is 0.396 e. The summed E-state index contributed by atoms with van der Waals surface area (Å²) in [6, 6.07) is 8.00. The number of aliphatic hydroxyl groups excluding tert-OH is 1. The molecule has 1 aromatic heterocycles. The lowest BCUT2D eigenvalue weighted by Gasteiger charge is -2.30. The minimum atomic E-state index is -0.0904. The van der Waals surface area contributed by atoms with Gasteiger partial charge < -0.3 is 20.6 Å². The number of carbonyl (C=O) groups is 2. The zero-order chi connectivity index (χ0) is 19.9. The second-order valence-electron chi connectivity index (χ2n) is 6.96. The van der Waals surface area contributed by atoms with Crippen molar-refractivity contribution in [2.24, 2.45) is 5.92 Å². The number of amides is 2. The molecule has 2 aromatic rings. The highest BCUT2D eigenvalue weighted by atomic mass is 32.1. The number of anilines is 2. The molecule has 0 unspecified atom stereocenters. The van der Waals surface area contributed by atoms with Gasteiger partial charge in [-0.3, -0.25) is 9.59 Å². The van der Waals surface area contributed by atoms with Crippen LogP contribution in [0.25, 0.3) is 0 Å². The van der Waals surface area contributed by atoms with Gasteiger partial charge in [0.05, 0.1) is 0 Å². The van der Waals surface area contributed by atoms with E-state index in [4.69, 9.17) is 5.11 Å². The first kappa shape index (κ1) is 20.3. The number of nitrogens with zero attached hydrogens (tertiary/aromatic N) is 2. The molecule has 150 valence electrons. The second kappa shape index (κ2) is 9.66. The van der Waals surface area contributed by atoms with E-state index in [9.17, 15) is 9.59 Å². The van der Waals surface area contributed by atoms with E-state index < -0.39 is 0 Å². The molecule has 3 rings (SSSR count). The number of thiazole rings is 1. The predicted molar refractivity (Wildman–Crippen MR) is 110 cm³/mol. The Bertz CT molecular complexity index is 798. The maximum atomic E-state index is 12.7. The number of piperidine rings is 1. The first-order valence-electron chi connectivity index (χ1n) is 9.54. The van der Waals surface area contributed by atoms with Crippen molar-refractivity contribution in [3.8, 4) is 0 Å². The fourth-order valence-electron chi connectivity index (χ4n) is 3.13. The van der Waals surface area contributed by atoms with Crippen LogP contribution in [0.1, 0.15) is 35.3 Å². The maximum absolute atomic E-state index is 12.7. The number of aliphatic hydroxyl groups is 1. The van der Waals surface area contributed by atoms with Crippen LogP contribution in [0.3, 0.4) is 0 Å². The summed E-state index contributed by atoms with van der Waals surface area (Å²) < 4.78 is 0. The monoisotopic (exact) mass is 402 g/mol. The van der Waals surface area contributed by atoms with Crippen LogP contribution in [0.4, 0.5) is 10.8 Å². The van der Waals surface area contributed by atoms with Gasteiger partial charge in [0.1, 0.15) is 5.69 Å². The van der Waals surface area contributed by atoms with Crippen LogP contribution in [-0.4, -0.2) is 53.0 Å². The Morgan fingerprint density at radius 3 is 2.64 bits per heavy atom. The van der Waals surface area contributed by atoms with E-state index >= 15 is 0 Å². The summed E-state index contributed by atoms with van der Waals surface area (Å²) in [6.45, 7) is 3.70. The highest BCUT2D eigenvalue weighted by molar-refractivity contribution is 7.14. The summed E-state index contributed by atoms with van der Waals surface area (Å²) in [7, 11) is 0. The Morgan fingerprint density at radius 2 is 1.96 bits per heavy atom. The van der Waals surface area contributed by atoms with Gasteiger partial charge in [0.2, 0.25) is 5.91 Å². The minimum absolute atomic E-state index is 0.0128. The van der Waals surface area contributed by atoms with Crippen molar-refractivity contribution in [1.29, 1.82) is 0 Å². The number of likely N-dealkylation sites (tertiary alicyclic amines) is 1. The average molecular weight is 403 g/mol. The molecule has 8 heteroatoms. The Labute approximate surface area is 168 Å². The summed E-state index contributed by atoms with van der Waals surface area (Å²) in [5.41, 5.74) is 2.56. The Balaban J connectivity index is 1.50. The van der Waals surface area contributed by atoms with Crippen molar-refractivity contribution < 1.29 is 14.7 Å². The molecule has 0 saturated carbocycles. The van der Waals surface area contributed by atoms with Gasteiger partial charge >= 0.3 is 0 Å². The van der Waals surface area contributed by atoms with Gasteiger partial charge in [-0.2, -0.15) is 0 Å². The molecule has 28 heavy (non-hydrogen) atoms. The van der Waals surface area contributed by atoms with Crippen molar-refractivity contribution in [1.82, 2.24) is 15.2 Å². The van der Waals surface area contributed by atoms with Gasteiger partial charge in [0.25, 0.3) is 5.91 Å². The Hall–Kier alpha value is -2.45. The van der Waals surface area contributed by atoms with Crippen LogP contribution in [0.5, 0.6) is 0 Å². The number of hydrogen-bond acceptors (Lipinski definition) is 6. The molecule has 7 nitrogen and oxygen atoms in total. The molecule has 0 atom stereocenters. The van der Waals surface area contributed by atoms with Gasteiger partial charge in [0.15, 0.2) is 5.13 Å². The number of rotatable bonds is 7. The molecule has 0 spiro atoms. The van der Waals surface area contributed by atoms with Crippen molar-refractivity contribution in [2.75, 3.05) is 31.6 Å². The van der Waals surface area contributed by atoms with Crippen molar-refractivity contribution in [3.05, 3.63) is 40.9 Å². The third-order valence-electron chi connectivity index (χ3n) is 4.81. The molecule has 1 fully saturated rings. The zero-order valence-corrected chi connectivity index (χ0v) is 16.8. The van der Waals surface area contributed by atoms with Gasteiger partial charge in [0, 0.05) is 43.2 Å². The average Bonchev–Trinajstić information content (AvgIpc) is 3.18. The lowest BCUT2D eigenvalue weighted by molar-refractivity contribution is -0.126. The number of aryl methyl sites for hydroxylation is 1. The van der Waals surface area contributed by atoms with Crippen molar-refractivity contribution >= 4 is 34.0 Å². The molecule has 1 saturated heterocycles.